The van der Waals surface area contributed by atoms with Crippen LogP contribution in [-0.4, -0.2) is 17.7 Å². The molecule has 0 aliphatic rings. The first-order valence-corrected chi connectivity index (χ1v) is 5.24. The molecule has 0 bridgehead atoms. The number of nitrogens with one attached hydrogen (secondary N) is 1. The summed E-state index contributed by atoms with van der Waals surface area (Å²) in [5.41, 5.74) is 6.63. The van der Waals surface area contributed by atoms with Crippen LogP contribution in [0.3, 0.4) is 0 Å². The first-order valence-electron chi connectivity index (χ1n) is 5.24. The first-order chi connectivity index (χ1) is 7.54. The van der Waals surface area contributed by atoms with Crippen molar-refractivity contribution in [3.63, 3.8) is 0 Å². The molecule has 86 valence electrons. The van der Waals surface area contributed by atoms with Crippen LogP contribution >= 0.6 is 0 Å². The molecule has 4 nitrogen and oxygen atoms in total. The van der Waals surface area contributed by atoms with Gasteiger partial charge in [-0.1, -0.05) is 19.1 Å². The average Bonchev–Trinajstić information content (AvgIpc) is 2.28. The van der Waals surface area contributed by atoms with Gasteiger partial charge in [0.2, 0.25) is 5.91 Å². The number of amides is 1. The van der Waals surface area contributed by atoms with Crippen LogP contribution in [0.5, 0.6) is 0 Å². The van der Waals surface area contributed by atoms with Crippen LogP contribution in [-0.2, 0) is 4.79 Å². The molecular formula is C12H16N2O2. The number of rotatable bonds is 4. The van der Waals surface area contributed by atoms with Crippen molar-refractivity contribution < 1.29 is 9.59 Å². The highest BCUT2D eigenvalue weighted by atomic mass is 16.2. The molecule has 1 amide bonds. The Morgan fingerprint density at radius 2 is 2.12 bits per heavy atom. The van der Waals surface area contributed by atoms with E-state index in [9.17, 15) is 9.59 Å². The number of benzene rings is 1. The number of carbonyl (C=O) groups is 2. The highest BCUT2D eigenvalue weighted by molar-refractivity contribution is 5.99. The SMILES string of the molecule is CCC(=O)c1cccc(NC(=O)C(C)N)c1. The summed E-state index contributed by atoms with van der Waals surface area (Å²) in [6.45, 7) is 3.41. The second-order valence-corrected chi connectivity index (χ2v) is 3.64. The average molecular weight is 220 g/mol. The summed E-state index contributed by atoms with van der Waals surface area (Å²) in [7, 11) is 0. The molecule has 3 N–H and O–H groups in total. The number of ketones is 1. The lowest BCUT2D eigenvalue weighted by Gasteiger charge is -2.08. The van der Waals surface area contributed by atoms with Gasteiger partial charge in [-0.25, -0.2) is 0 Å². The van der Waals surface area contributed by atoms with Crippen LogP contribution in [0, 0.1) is 0 Å². The number of anilines is 1. The minimum atomic E-state index is -0.564. The highest BCUT2D eigenvalue weighted by Crippen LogP contribution is 2.12. The van der Waals surface area contributed by atoms with E-state index in [1.54, 1.807) is 38.1 Å². The molecule has 0 radical (unpaired) electrons. The molecule has 0 aliphatic heterocycles. The van der Waals surface area contributed by atoms with Crippen LogP contribution in [0.25, 0.3) is 0 Å². The van der Waals surface area contributed by atoms with E-state index < -0.39 is 6.04 Å². The maximum Gasteiger partial charge on any atom is 0.240 e. The first kappa shape index (κ1) is 12.4. The maximum atomic E-state index is 11.4. The van der Waals surface area contributed by atoms with Crippen LogP contribution < -0.4 is 11.1 Å². The van der Waals surface area contributed by atoms with E-state index in [0.29, 0.717) is 17.7 Å². The molecule has 0 heterocycles. The highest BCUT2D eigenvalue weighted by Gasteiger charge is 2.09. The zero-order valence-electron chi connectivity index (χ0n) is 9.49. The van der Waals surface area contributed by atoms with E-state index >= 15 is 0 Å². The molecular weight excluding hydrogens is 204 g/mol. The molecule has 1 rings (SSSR count). The minimum Gasteiger partial charge on any atom is -0.325 e. The summed E-state index contributed by atoms with van der Waals surface area (Å²) in [4.78, 5) is 22.8. The van der Waals surface area contributed by atoms with Crippen molar-refractivity contribution in [2.24, 2.45) is 5.73 Å². The normalized spacial score (nSPS) is 11.9. The molecule has 0 fully saturated rings. The molecule has 1 atom stereocenters. The van der Waals surface area contributed by atoms with E-state index in [0.717, 1.165) is 0 Å². The van der Waals surface area contributed by atoms with Gasteiger partial charge < -0.3 is 11.1 Å². The Kier molecular flexibility index (Phi) is 4.19. The summed E-state index contributed by atoms with van der Waals surface area (Å²) >= 11 is 0. The fourth-order valence-electron chi connectivity index (χ4n) is 1.23. The van der Waals surface area contributed by atoms with E-state index in [1.165, 1.54) is 0 Å². The lowest BCUT2D eigenvalue weighted by atomic mass is 10.1. The van der Waals surface area contributed by atoms with Gasteiger partial charge in [0.15, 0.2) is 5.78 Å². The van der Waals surface area contributed by atoms with Crippen molar-refractivity contribution >= 4 is 17.4 Å². The number of Topliss-reactive ketones (excluding diaryl/α,β-unsaturated/α-hetero) is 1. The molecule has 1 unspecified atom stereocenters. The van der Waals surface area contributed by atoms with E-state index in [1.807, 2.05) is 0 Å². The van der Waals surface area contributed by atoms with Crippen molar-refractivity contribution in [3.05, 3.63) is 29.8 Å². The zero-order chi connectivity index (χ0) is 12.1. The largest absolute Gasteiger partial charge is 0.325 e. The third-order valence-electron chi connectivity index (χ3n) is 2.19. The third-order valence-corrected chi connectivity index (χ3v) is 2.19. The van der Waals surface area contributed by atoms with Crippen molar-refractivity contribution in [2.45, 2.75) is 26.3 Å². The smallest absolute Gasteiger partial charge is 0.240 e. The molecule has 0 aliphatic carbocycles. The van der Waals surface area contributed by atoms with Gasteiger partial charge in [-0.2, -0.15) is 0 Å². The van der Waals surface area contributed by atoms with Gasteiger partial charge >= 0.3 is 0 Å². The van der Waals surface area contributed by atoms with E-state index in [-0.39, 0.29) is 11.7 Å². The topological polar surface area (TPSA) is 72.2 Å². The molecule has 0 saturated heterocycles. The number of nitrogens with two attached hydrogens (primary N) is 1. The minimum absolute atomic E-state index is 0.0527. The van der Waals surface area contributed by atoms with Crippen LogP contribution in [0.15, 0.2) is 24.3 Å². The summed E-state index contributed by atoms with van der Waals surface area (Å²) in [5.74, 6) is -0.210. The molecule has 0 aromatic heterocycles. The Morgan fingerprint density at radius 1 is 1.44 bits per heavy atom. The van der Waals surface area contributed by atoms with Crippen molar-refractivity contribution in [3.8, 4) is 0 Å². The Morgan fingerprint density at radius 3 is 2.69 bits per heavy atom. The molecule has 16 heavy (non-hydrogen) atoms. The Bertz CT molecular complexity index is 400. The molecule has 1 aromatic rings. The van der Waals surface area contributed by atoms with E-state index in [2.05, 4.69) is 5.32 Å². The Labute approximate surface area is 94.8 Å². The number of hydrogen-bond acceptors (Lipinski definition) is 3. The fourth-order valence-corrected chi connectivity index (χ4v) is 1.23. The third kappa shape index (κ3) is 3.17. The van der Waals surface area contributed by atoms with Crippen molar-refractivity contribution in [1.29, 1.82) is 0 Å². The van der Waals surface area contributed by atoms with Gasteiger partial charge in [0, 0.05) is 17.7 Å². The summed E-state index contributed by atoms with van der Waals surface area (Å²) < 4.78 is 0. The zero-order valence-corrected chi connectivity index (χ0v) is 9.49. The lowest BCUT2D eigenvalue weighted by Crippen LogP contribution is -2.32. The monoisotopic (exact) mass is 220 g/mol. The maximum absolute atomic E-state index is 11.4. The molecule has 1 aromatic carbocycles. The summed E-state index contributed by atoms with van der Waals surface area (Å²) in [5, 5.41) is 2.64. The molecule has 0 saturated carbocycles. The Balaban J connectivity index is 2.83. The molecule has 0 spiro atoms. The van der Waals surface area contributed by atoms with Gasteiger partial charge in [-0.05, 0) is 19.1 Å². The fraction of sp³-hybridized carbons (Fsp3) is 0.333. The van der Waals surface area contributed by atoms with Crippen LogP contribution in [0.4, 0.5) is 5.69 Å². The van der Waals surface area contributed by atoms with Gasteiger partial charge in [-0.15, -0.1) is 0 Å². The van der Waals surface area contributed by atoms with Gasteiger partial charge in [-0.3, -0.25) is 9.59 Å². The standard InChI is InChI=1S/C12H16N2O2/c1-3-11(15)9-5-4-6-10(7-9)14-12(16)8(2)13/h4-8H,3,13H2,1-2H3,(H,14,16). The number of hydrogen-bond donors (Lipinski definition) is 2. The quantitative estimate of drug-likeness (QED) is 0.756. The predicted octanol–water partition coefficient (Wildman–Crippen LogP) is 1.56. The summed E-state index contributed by atoms with van der Waals surface area (Å²) in [6.07, 6.45) is 0.449. The van der Waals surface area contributed by atoms with Crippen LogP contribution in [0.2, 0.25) is 0 Å². The predicted molar refractivity (Wildman–Crippen MR) is 63.3 cm³/mol. The van der Waals surface area contributed by atoms with Gasteiger partial charge in [0.25, 0.3) is 0 Å². The van der Waals surface area contributed by atoms with Gasteiger partial charge in [0.1, 0.15) is 0 Å². The number of carbonyl (C=O) groups excluding carboxylic acids is 2. The Hall–Kier alpha value is -1.68. The van der Waals surface area contributed by atoms with E-state index in [4.69, 9.17) is 5.73 Å². The second kappa shape index (κ2) is 5.42. The second-order valence-electron chi connectivity index (χ2n) is 3.64. The molecule has 4 heteroatoms. The van der Waals surface area contributed by atoms with Gasteiger partial charge in [0.05, 0.1) is 6.04 Å². The lowest BCUT2D eigenvalue weighted by molar-refractivity contribution is -0.117. The summed E-state index contributed by atoms with van der Waals surface area (Å²) in [6, 6.07) is 6.29. The van der Waals surface area contributed by atoms with Crippen molar-refractivity contribution in [2.75, 3.05) is 5.32 Å². The van der Waals surface area contributed by atoms with Crippen molar-refractivity contribution in [1.82, 2.24) is 0 Å². The van der Waals surface area contributed by atoms with Crippen LogP contribution in [0.1, 0.15) is 30.6 Å².